The molecule has 0 saturated heterocycles. The second-order valence-electron chi connectivity index (χ2n) is 6.07. The van der Waals surface area contributed by atoms with Crippen LogP contribution in [-0.2, 0) is 18.9 Å². The molecule has 0 rings (SSSR count). The molecule has 0 fully saturated rings. The van der Waals surface area contributed by atoms with Crippen molar-refractivity contribution in [3.05, 3.63) is 0 Å². The highest BCUT2D eigenvalue weighted by Gasteiger charge is 2.67. The van der Waals surface area contributed by atoms with Crippen molar-refractivity contribution in [2.45, 2.75) is 56.5 Å². The third-order valence-electron chi connectivity index (χ3n) is 3.29. The number of carbonyl (C=O) groups excluding carboxylic acids is 2. The van der Waals surface area contributed by atoms with Gasteiger partial charge in [-0.3, -0.25) is 0 Å². The quantitative estimate of drug-likeness (QED) is 0.467. The molecule has 0 aliphatic carbocycles. The number of carbonyl (C=O) groups is 2. The van der Waals surface area contributed by atoms with E-state index in [9.17, 15) is 44.7 Å². The number of hydrogen-bond donors (Lipinski definition) is 2. The fraction of sp³-hybridized carbons (Fsp3) is 0.846. The Kier molecular flexibility index (Phi) is 8.09. The molecule has 0 spiro atoms. The molecular formula is C13H18F8N2O6. The van der Waals surface area contributed by atoms with Gasteiger partial charge in [0.1, 0.15) is 11.7 Å². The monoisotopic (exact) mass is 450 g/mol. The Bertz CT molecular complexity index is 602. The summed E-state index contributed by atoms with van der Waals surface area (Å²) in [6, 6.07) is 0. The first-order chi connectivity index (χ1) is 12.7. The van der Waals surface area contributed by atoms with Gasteiger partial charge < -0.3 is 30.4 Å². The molecule has 0 bridgehead atoms. The first-order valence-electron chi connectivity index (χ1n) is 7.40. The third-order valence-corrected chi connectivity index (χ3v) is 3.29. The van der Waals surface area contributed by atoms with Crippen molar-refractivity contribution in [3.8, 4) is 0 Å². The number of rotatable bonds is 11. The minimum Gasteiger partial charge on any atom is -0.443 e. The molecule has 0 aromatic heterocycles. The van der Waals surface area contributed by atoms with Gasteiger partial charge in [-0.1, -0.05) is 0 Å². The Morgan fingerprint density at radius 1 is 0.862 bits per heavy atom. The number of ether oxygens (including phenoxy) is 4. The summed E-state index contributed by atoms with van der Waals surface area (Å²) >= 11 is 0. The molecule has 0 aromatic rings. The van der Waals surface area contributed by atoms with Gasteiger partial charge in [0.2, 0.25) is 0 Å². The van der Waals surface area contributed by atoms with Crippen molar-refractivity contribution >= 4 is 12.2 Å². The van der Waals surface area contributed by atoms with E-state index in [4.69, 9.17) is 0 Å². The predicted molar refractivity (Wildman–Crippen MR) is 76.6 cm³/mol. The number of nitrogens with two attached hydrogens (primary N) is 2. The van der Waals surface area contributed by atoms with Crippen LogP contribution in [0.5, 0.6) is 0 Å². The van der Waals surface area contributed by atoms with Crippen molar-refractivity contribution < 1.29 is 63.7 Å². The van der Waals surface area contributed by atoms with Crippen LogP contribution < -0.4 is 11.5 Å². The molecule has 0 aliphatic rings. The smallest absolute Gasteiger partial charge is 0.422 e. The van der Waals surface area contributed by atoms with Crippen LogP contribution in [-0.4, -0.2) is 61.2 Å². The average molecular weight is 450 g/mol. The number of hydrogen-bond acceptors (Lipinski definition) is 6. The zero-order chi connectivity index (χ0) is 23.5. The summed E-state index contributed by atoms with van der Waals surface area (Å²) in [7, 11) is 0. The van der Waals surface area contributed by atoms with Crippen LogP contribution in [0.2, 0.25) is 0 Å². The lowest BCUT2D eigenvalue weighted by atomic mass is 10.0. The number of halogens is 8. The third kappa shape index (κ3) is 7.34. The van der Waals surface area contributed by atoms with Crippen LogP contribution in [0.15, 0.2) is 0 Å². The highest BCUT2D eigenvalue weighted by atomic mass is 19.3. The molecule has 29 heavy (non-hydrogen) atoms. The Morgan fingerprint density at radius 3 is 1.69 bits per heavy atom. The molecule has 0 radical (unpaired) electrons. The van der Waals surface area contributed by atoms with Crippen LogP contribution in [0, 0.1) is 0 Å². The highest BCUT2D eigenvalue weighted by Crippen LogP contribution is 2.46. The van der Waals surface area contributed by atoms with Crippen LogP contribution in [0.4, 0.5) is 44.7 Å². The number of alkyl halides is 8. The van der Waals surface area contributed by atoms with E-state index in [-0.39, 0.29) is 20.8 Å². The lowest BCUT2D eigenvalue weighted by Crippen LogP contribution is -2.60. The summed E-state index contributed by atoms with van der Waals surface area (Å²) in [5, 5.41) is 0. The fourth-order valence-corrected chi connectivity index (χ4v) is 1.56. The normalized spacial score (nSPS) is 15.0. The first kappa shape index (κ1) is 26.9. The van der Waals surface area contributed by atoms with Gasteiger partial charge in [0, 0.05) is 0 Å². The summed E-state index contributed by atoms with van der Waals surface area (Å²) in [6.45, 7) is -3.31. The fourth-order valence-electron chi connectivity index (χ4n) is 1.56. The van der Waals surface area contributed by atoms with E-state index in [1.165, 1.54) is 0 Å². The molecular weight excluding hydrogens is 432 g/mol. The Labute approximate surface area is 158 Å². The molecule has 0 aliphatic heterocycles. The maximum atomic E-state index is 13.9. The first-order valence-corrected chi connectivity index (χ1v) is 7.40. The van der Waals surface area contributed by atoms with Crippen molar-refractivity contribution in [1.29, 1.82) is 0 Å². The Hall–Kier alpha value is -2.10. The lowest BCUT2D eigenvalue weighted by molar-refractivity contribution is -0.427. The van der Waals surface area contributed by atoms with Gasteiger partial charge in [-0.2, -0.15) is 35.1 Å². The van der Waals surface area contributed by atoms with Crippen molar-refractivity contribution in [2.75, 3.05) is 13.2 Å². The molecule has 1 unspecified atom stereocenters. The molecule has 0 aromatic carbocycles. The van der Waals surface area contributed by atoms with Gasteiger partial charge in [0.25, 0.3) is 0 Å². The van der Waals surface area contributed by atoms with Gasteiger partial charge in [-0.15, -0.1) is 0 Å². The van der Waals surface area contributed by atoms with Gasteiger partial charge in [0.15, 0.2) is 13.2 Å². The highest BCUT2D eigenvalue weighted by molar-refractivity contribution is 5.64. The molecule has 4 N–H and O–H groups in total. The second-order valence-corrected chi connectivity index (χ2v) is 6.07. The maximum absolute atomic E-state index is 13.9. The Morgan fingerprint density at radius 2 is 1.28 bits per heavy atom. The van der Waals surface area contributed by atoms with Crippen molar-refractivity contribution in [3.63, 3.8) is 0 Å². The molecule has 8 nitrogen and oxygen atoms in total. The topological polar surface area (TPSA) is 123 Å². The molecule has 0 saturated carbocycles. The number of amides is 2. The zero-order valence-corrected chi connectivity index (χ0v) is 15.1. The van der Waals surface area contributed by atoms with Gasteiger partial charge in [-0.25, -0.2) is 9.59 Å². The molecule has 0 heterocycles. The predicted octanol–water partition coefficient (Wildman–Crippen LogP) is 2.83. The molecule has 1 atom stereocenters. The molecule has 2 amide bonds. The van der Waals surface area contributed by atoms with E-state index in [0.717, 1.165) is 0 Å². The summed E-state index contributed by atoms with van der Waals surface area (Å²) in [6.07, 6.45) is -17.2. The van der Waals surface area contributed by atoms with E-state index in [1.807, 2.05) is 0 Å². The lowest BCUT2D eigenvalue weighted by Gasteiger charge is -2.39. The standard InChI is InChI=1S/C13H18F8N2O6/c1-6(28-11(16,17)5-27-8(23)25)12(18,19)13(20,21)29-9(2,3)10(14,15)4-26-7(22)24/h6H,4-5H2,1-3H3,(H2,22,24)(H2,23,25). The van der Waals surface area contributed by atoms with E-state index in [1.54, 1.807) is 0 Å². The minimum atomic E-state index is -5.77. The zero-order valence-electron chi connectivity index (χ0n) is 15.1. The van der Waals surface area contributed by atoms with Crippen LogP contribution >= 0.6 is 0 Å². The largest absolute Gasteiger partial charge is 0.443 e. The summed E-state index contributed by atoms with van der Waals surface area (Å²) in [4.78, 5) is 20.6. The minimum absolute atomic E-state index is 0.0663. The van der Waals surface area contributed by atoms with Gasteiger partial charge in [-0.05, 0) is 20.8 Å². The van der Waals surface area contributed by atoms with E-state index in [2.05, 4.69) is 30.4 Å². The second kappa shape index (κ2) is 8.73. The van der Waals surface area contributed by atoms with E-state index < -0.39 is 61.2 Å². The van der Waals surface area contributed by atoms with Crippen LogP contribution in [0.1, 0.15) is 20.8 Å². The summed E-state index contributed by atoms with van der Waals surface area (Å²) in [5.74, 6) is -10.0. The van der Waals surface area contributed by atoms with E-state index >= 15 is 0 Å². The SMILES string of the molecule is CC(OC(F)(F)COC(N)=O)C(F)(F)C(F)(F)OC(C)(C)C(F)(F)COC(N)=O. The molecule has 172 valence electrons. The van der Waals surface area contributed by atoms with Crippen molar-refractivity contribution in [1.82, 2.24) is 0 Å². The van der Waals surface area contributed by atoms with Gasteiger partial charge >= 0.3 is 36.2 Å². The maximum Gasteiger partial charge on any atom is 0.422 e. The number of primary amides is 2. The van der Waals surface area contributed by atoms with E-state index in [0.29, 0.717) is 0 Å². The average Bonchev–Trinajstić information content (AvgIpc) is 2.49. The summed E-state index contributed by atoms with van der Waals surface area (Å²) < 4.78 is 124. The van der Waals surface area contributed by atoms with Crippen LogP contribution in [0.3, 0.4) is 0 Å². The summed E-state index contributed by atoms with van der Waals surface area (Å²) in [5.41, 5.74) is 5.45. The van der Waals surface area contributed by atoms with Crippen LogP contribution in [0.25, 0.3) is 0 Å². The van der Waals surface area contributed by atoms with Gasteiger partial charge in [0.05, 0.1) is 0 Å². The Balaban J connectivity index is 5.41. The molecule has 16 heteroatoms. The van der Waals surface area contributed by atoms with Crippen molar-refractivity contribution in [2.24, 2.45) is 11.5 Å².